The molecule has 0 unspecified atom stereocenters. The van der Waals surface area contributed by atoms with Crippen LogP contribution in [0.2, 0.25) is 0 Å². The van der Waals surface area contributed by atoms with Crippen molar-refractivity contribution in [2.75, 3.05) is 0 Å². The minimum atomic E-state index is -0.548. The lowest BCUT2D eigenvalue weighted by Gasteiger charge is -2.34. The van der Waals surface area contributed by atoms with Crippen molar-refractivity contribution in [3.05, 3.63) is 277 Å². The number of fused-ring (bicyclic) bond motifs is 15. The van der Waals surface area contributed by atoms with Gasteiger partial charge in [-0.05, 0) is 140 Å². The van der Waals surface area contributed by atoms with Crippen LogP contribution in [0.25, 0.3) is 131 Å². The van der Waals surface area contributed by atoms with Crippen molar-refractivity contribution in [3.63, 3.8) is 0 Å². The van der Waals surface area contributed by atoms with E-state index in [9.17, 15) is 0 Å². The quantitative estimate of drug-likeness (QED) is 0.161. The Balaban J connectivity index is 1.06. The summed E-state index contributed by atoms with van der Waals surface area (Å²) in [5.41, 5.74) is 17.7. The van der Waals surface area contributed by atoms with Crippen LogP contribution in [0.15, 0.2) is 264 Å². The molecule has 0 bridgehead atoms. The maximum atomic E-state index is 6.74. The maximum Gasteiger partial charge on any atom is 0.136 e. The first kappa shape index (κ1) is 40.3. The first-order valence-electron chi connectivity index (χ1n) is 25.2. The van der Waals surface area contributed by atoms with Crippen LogP contribution < -0.4 is 0 Å². The standard InChI is InChI=1S/C71H42O2/c1-3-19-43(20-4-1)71(44-21-5-2-6-22-44)61-35-12-9-25-54(61)68-57(34-18-36-62(68)71)67-52-32-16-29-46(45-28-15-31-51-49(45)39-40-65-69(51)55-26-10-13-37-63(55)72-65)58(52)41-59-48(30-17-33-53(59)67)60-42-66-70(50-24-8-7-23-47(50)60)56-27-11-14-38-64(56)73-66/h1-42H. The number of hydrogen-bond donors (Lipinski definition) is 0. The molecule has 0 aliphatic heterocycles. The molecule has 0 spiro atoms. The third-order valence-electron chi connectivity index (χ3n) is 16.2. The predicted octanol–water partition coefficient (Wildman–Crippen LogP) is 19.5. The van der Waals surface area contributed by atoms with Crippen molar-refractivity contribution < 1.29 is 8.83 Å². The molecular formula is C71H42O2. The Bertz CT molecular complexity index is 4740. The summed E-state index contributed by atoms with van der Waals surface area (Å²) in [5.74, 6) is 0. The van der Waals surface area contributed by atoms with Crippen LogP contribution >= 0.6 is 0 Å². The second-order valence-corrected chi connectivity index (χ2v) is 19.7. The van der Waals surface area contributed by atoms with Gasteiger partial charge in [-0.25, -0.2) is 0 Å². The number of furan rings is 2. The molecule has 2 nitrogen and oxygen atoms in total. The van der Waals surface area contributed by atoms with Crippen LogP contribution in [0.3, 0.4) is 0 Å². The zero-order valence-electron chi connectivity index (χ0n) is 39.6. The van der Waals surface area contributed by atoms with Crippen molar-refractivity contribution in [2.24, 2.45) is 0 Å². The predicted molar refractivity (Wildman–Crippen MR) is 305 cm³/mol. The van der Waals surface area contributed by atoms with Gasteiger partial charge in [-0.2, -0.15) is 0 Å². The molecule has 338 valence electrons. The summed E-state index contributed by atoms with van der Waals surface area (Å²) < 4.78 is 13.2. The van der Waals surface area contributed by atoms with Gasteiger partial charge in [-0.1, -0.05) is 224 Å². The summed E-state index contributed by atoms with van der Waals surface area (Å²) in [6, 6.07) is 93.9. The molecule has 0 saturated heterocycles. The van der Waals surface area contributed by atoms with Gasteiger partial charge in [0.25, 0.3) is 0 Å². The largest absolute Gasteiger partial charge is 0.456 e. The molecular weight excluding hydrogens is 885 g/mol. The molecule has 13 aromatic carbocycles. The number of benzene rings is 13. The van der Waals surface area contributed by atoms with Crippen molar-refractivity contribution in [1.29, 1.82) is 0 Å². The Labute approximate surface area is 420 Å². The van der Waals surface area contributed by atoms with E-state index >= 15 is 0 Å². The summed E-state index contributed by atoms with van der Waals surface area (Å²) in [6.45, 7) is 0. The number of para-hydroxylation sites is 2. The summed E-state index contributed by atoms with van der Waals surface area (Å²) in [7, 11) is 0. The fourth-order valence-electron chi connectivity index (χ4n) is 13.3. The van der Waals surface area contributed by atoms with Gasteiger partial charge in [-0.15, -0.1) is 0 Å². The van der Waals surface area contributed by atoms with E-state index in [1.165, 1.54) is 98.7 Å². The Morgan fingerprint density at radius 1 is 0.219 bits per heavy atom. The third-order valence-corrected chi connectivity index (χ3v) is 16.2. The molecule has 15 aromatic rings. The summed E-state index contributed by atoms with van der Waals surface area (Å²) in [4.78, 5) is 0. The Morgan fingerprint density at radius 2 is 0.658 bits per heavy atom. The second-order valence-electron chi connectivity index (χ2n) is 19.7. The van der Waals surface area contributed by atoms with Gasteiger partial charge in [0.05, 0.1) is 5.41 Å². The van der Waals surface area contributed by atoms with Crippen molar-refractivity contribution in [1.82, 2.24) is 0 Å². The zero-order valence-corrected chi connectivity index (χ0v) is 39.6. The van der Waals surface area contributed by atoms with Gasteiger partial charge < -0.3 is 8.83 Å². The molecule has 1 aliphatic rings. The number of rotatable bonds is 5. The third kappa shape index (κ3) is 5.52. The van der Waals surface area contributed by atoms with E-state index in [2.05, 4.69) is 249 Å². The number of hydrogen-bond acceptors (Lipinski definition) is 2. The highest BCUT2D eigenvalue weighted by atomic mass is 16.3. The highest BCUT2D eigenvalue weighted by Crippen LogP contribution is 2.59. The molecule has 2 heteroatoms. The van der Waals surface area contributed by atoms with E-state index < -0.39 is 5.41 Å². The minimum Gasteiger partial charge on any atom is -0.456 e. The monoisotopic (exact) mass is 926 g/mol. The van der Waals surface area contributed by atoms with Crippen LogP contribution in [-0.2, 0) is 5.41 Å². The normalized spacial score (nSPS) is 13.0. The fourth-order valence-corrected chi connectivity index (χ4v) is 13.3. The van der Waals surface area contributed by atoms with Gasteiger partial charge in [0.1, 0.15) is 22.3 Å². The van der Waals surface area contributed by atoms with Crippen LogP contribution in [0.4, 0.5) is 0 Å². The topological polar surface area (TPSA) is 26.3 Å². The summed E-state index contributed by atoms with van der Waals surface area (Å²) in [6.07, 6.45) is 0. The van der Waals surface area contributed by atoms with E-state index in [0.29, 0.717) is 0 Å². The van der Waals surface area contributed by atoms with E-state index in [1.54, 1.807) is 0 Å². The molecule has 0 radical (unpaired) electrons. The van der Waals surface area contributed by atoms with Gasteiger partial charge in [0.15, 0.2) is 0 Å². The first-order valence-corrected chi connectivity index (χ1v) is 25.2. The van der Waals surface area contributed by atoms with E-state index in [1.807, 2.05) is 6.07 Å². The van der Waals surface area contributed by atoms with Gasteiger partial charge in [0, 0.05) is 21.5 Å². The van der Waals surface area contributed by atoms with Crippen LogP contribution in [0.1, 0.15) is 22.3 Å². The lowest BCUT2D eigenvalue weighted by molar-refractivity contribution is 0.669. The molecule has 0 N–H and O–H groups in total. The first-order chi connectivity index (χ1) is 36.2. The van der Waals surface area contributed by atoms with Gasteiger partial charge >= 0.3 is 0 Å². The fraction of sp³-hybridized carbons (Fsp3) is 0.0141. The zero-order chi connectivity index (χ0) is 47.8. The molecule has 2 aromatic heterocycles. The van der Waals surface area contributed by atoms with E-state index in [0.717, 1.165) is 55.0 Å². The van der Waals surface area contributed by atoms with Crippen LogP contribution in [-0.4, -0.2) is 0 Å². The Kier molecular flexibility index (Phi) is 8.41. The van der Waals surface area contributed by atoms with Crippen molar-refractivity contribution in [2.45, 2.75) is 5.41 Å². The minimum absolute atomic E-state index is 0.548. The SMILES string of the molecule is c1ccc(C2(c3ccccc3)c3ccccc3-c3c(-c4c5cccc(-c6cccc7c6ccc6oc8ccccc8c67)c5cc5c(-c6cc7oc8ccccc8c7c7ccccc67)cccc45)cccc32)cc1. The average molecular weight is 927 g/mol. The molecule has 0 fully saturated rings. The molecule has 1 aliphatic carbocycles. The molecule has 0 amide bonds. The Morgan fingerprint density at radius 3 is 1.33 bits per heavy atom. The van der Waals surface area contributed by atoms with E-state index in [-0.39, 0.29) is 0 Å². The van der Waals surface area contributed by atoms with Crippen molar-refractivity contribution >= 4 is 87.0 Å². The lowest BCUT2D eigenvalue weighted by atomic mass is 9.67. The molecule has 0 saturated carbocycles. The highest BCUT2D eigenvalue weighted by molar-refractivity contribution is 6.27. The second kappa shape index (κ2) is 15.3. The Hall–Kier alpha value is -9.50. The average Bonchev–Trinajstić information content (AvgIpc) is 4.14. The molecule has 16 rings (SSSR count). The van der Waals surface area contributed by atoms with E-state index in [4.69, 9.17) is 8.83 Å². The lowest BCUT2D eigenvalue weighted by Crippen LogP contribution is -2.28. The molecule has 73 heavy (non-hydrogen) atoms. The van der Waals surface area contributed by atoms with Crippen LogP contribution in [0.5, 0.6) is 0 Å². The summed E-state index contributed by atoms with van der Waals surface area (Å²) in [5, 5.41) is 14.1. The van der Waals surface area contributed by atoms with Crippen LogP contribution in [0, 0.1) is 0 Å². The molecule has 2 heterocycles. The van der Waals surface area contributed by atoms with Gasteiger partial charge in [-0.3, -0.25) is 0 Å². The maximum absolute atomic E-state index is 6.74. The summed E-state index contributed by atoms with van der Waals surface area (Å²) >= 11 is 0. The smallest absolute Gasteiger partial charge is 0.136 e. The molecule has 0 atom stereocenters. The van der Waals surface area contributed by atoms with Crippen molar-refractivity contribution in [3.8, 4) is 44.5 Å². The van der Waals surface area contributed by atoms with Gasteiger partial charge in [0.2, 0.25) is 0 Å². The highest BCUT2D eigenvalue weighted by Gasteiger charge is 2.47.